The Labute approximate surface area is 98.1 Å². The van der Waals surface area contributed by atoms with Gasteiger partial charge in [-0.25, -0.2) is 0 Å². The average molecular weight is 228 g/mol. The summed E-state index contributed by atoms with van der Waals surface area (Å²) in [5, 5.41) is 9.96. The van der Waals surface area contributed by atoms with E-state index in [0.717, 1.165) is 19.3 Å². The number of aliphatic hydroxyl groups excluding tert-OH is 1. The van der Waals surface area contributed by atoms with Gasteiger partial charge in [0.2, 0.25) is 0 Å². The molecule has 1 aliphatic heterocycles. The van der Waals surface area contributed by atoms with Crippen LogP contribution in [-0.2, 0) is 9.47 Å². The third-order valence-corrected chi connectivity index (χ3v) is 3.96. The maximum absolute atomic E-state index is 9.96. The zero-order valence-electron chi connectivity index (χ0n) is 10.6. The van der Waals surface area contributed by atoms with E-state index in [1.165, 1.54) is 0 Å². The van der Waals surface area contributed by atoms with Crippen molar-refractivity contribution in [1.82, 2.24) is 0 Å². The van der Waals surface area contributed by atoms with E-state index in [1.54, 1.807) is 0 Å². The van der Waals surface area contributed by atoms with E-state index in [1.807, 2.05) is 0 Å². The van der Waals surface area contributed by atoms with Crippen LogP contribution < -0.4 is 0 Å². The van der Waals surface area contributed by atoms with Gasteiger partial charge in [-0.2, -0.15) is 0 Å². The summed E-state index contributed by atoms with van der Waals surface area (Å²) in [5.74, 6) is 0.655. The Morgan fingerprint density at radius 2 is 1.88 bits per heavy atom. The molecule has 0 spiro atoms. The molecule has 3 atom stereocenters. The van der Waals surface area contributed by atoms with Crippen LogP contribution in [0.25, 0.3) is 0 Å². The first-order valence-corrected chi connectivity index (χ1v) is 6.38. The minimum Gasteiger partial charge on any atom is -0.390 e. The van der Waals surface area contributed by atoms with Gasteiger partial charge in [-0.3, -0.25) is 0 Å². The minimum absolute atomic E-state index is 0.0203. The molecule has 3 unspecified atom stereocenters. The van der Waals surface area contributed by atoms with Crippen molar-refractivity contribution < 1.29 is 14.6 Å². The molecule has 0 aromatic rings. The van der Waals surface area contributed by atoms with Gasteiger partial charge in [-0.1, -0.05) is 20.8 Å². The fourth-order valence-electron chi connectivity index (χ4n) is 2.59. The second kappa shape index (κ2) is 4.63. The zero-order chi connectivity index (χ0) is 11.8. The summed E-state index contributed by atoms with van der Waals surface area (Å²) >= 11 is 0. The number of ether oxygens (including phenoxy) is 2. The standard InChI is InChI=1S/C13H24O3/c1-13(2,3)9-4-5-11(14)12(6-9)16-10-7-15-8-10/h9-12,14H,4-8H2,1-3H3. The van der Waals surface area contributed by atoms with Crippen molar-refractivity contribution in [1.29, 1.82) is 0 Å². The largest absolute Gasteiger partial charge is 0.390 e. The monoisotopic (exact) mass is 228 g/mol. The second-order valence-corrected chi connectivity index (χ2v) is 6.28. The molecule has 1 saturated heterocycles. The third-order valence-electron chi connectivity index (χ3n) is 3.96. The summed E-state index contributed by atoms with van der Waals surface area (Å²) in [6.45, 7) is 8.23. The molecule has 0 radical (unpaired) electrons. The van der Waals surface area contributed by atoms with Crippen LogP contribution in [0.2, 0.25) is 0 Å². The van der Waals surface area contributed by atoms with Gasteiger partial charge in [0, 0.05) is 0 Å². The lowest BCUT2D eigenvalue weighted by Crippen LogP contribution is -2.46. The average Bonchev–Trinajstić information content (AvgIpc) is 2.11. The van der Waals surface area contributed by atoms with Crippen LogP contribution in [0.15, 0.2) is 0 Å². The third kappa shape index (κ3) is 2.76. The molecule has 16 heavy (non-hydrogen) atoms. The van der Waals surface area contributed by atoms with Crippen molar-refractivity contribution in [3.05, 3.63) is 0 Å². The Morgan fingerprint density at radius 1 is 1.19 bits per heavy atom. The summed E-state index contributed by atoms with van der Waals surface area (Å²) in [6, 6.07) is 0. The SMILES string of the molecule is CC(C)(C)C1CCC(O)C(OC2COC2)C1. The summed E-state index contributed by atoms with van der Waals surface area (Å²) < 4.78 is 11.0. The first-order chi connectivity index (χ1) is 7.47. The quantitative estimate of drug-likeness (QED) is 0.785. The molecule has 2 aliphatic rings. The lowest BCUT2D eigenvalue weighted by Gasteiger charge is -2.42. The molecular weight excluding hydrogens is 204 g/mol. The summed E-state index contributed by atoms with van der Waals surface area (Å²) in [6.07, 6.45) is 2.94. The van der Waals surface area contributed by atoms with Gasteiger partial charge < -0.3 is 14.6 Å². The van der Waals surface area contributed by atoms with Crippen molar-refractivity contribution in [2.45, 2.75) is 58.3 Å². The van der Waals surface area contributed by atoms with Gasteiger partial charge >= 0.3 is 0 Å². The zero-order valence-corrected chi connectivity index (χ0v) is 10.6. The molecule has 0 amide bonds. The first-order valence-electron chi connectivity index (χ1n) is 6.38. The summed E-state index contributed by atoms with van der Waals surface area (Å²) in [4.78, 5) is 0. The highest BCUT2D eigenvalue weighted by Crippen LogP contribution is 2.39. The van der Waals surface area contributed by atoms with Gasteiger partial charge in [0.25, 0.3) is 0 Å². The molecule has 94 valence electrons. The summed E-state index contributed by atoms with van der Waals surface area (Å²) in [5.41, 5.74) is 0.317. The van der Waals surface area contributed by atoms with E-state index >= 15 is 0 Å². The van der Waals surface area contributed by atoms with E-state index in [2.05, 4.69) is 20.8 Å². The van der Waals surface area contributed by atoms with E-state index < -0.39 is 0 Å². The van der Waals surface area contributed by atoms with Gasteiger partial charge in [0.15, 0.2) is 0 Å². The van der Waals surface area contributed by atoms with Gasteiger partial charge in [0.05, 0.1) is 25.4 Å². The van der Waals surface area contributed by atoms with Crippen LogP contribution >= 0.6 is 0 Å². The summed E-state index contributed by atoms with van der Waals surface area (Å²) in [7, 11) is 0. The van der Waals surface area contributed by atoms with E-state index in [4.69, 9.17) is 9.47 Å². The van der Waals surface area contributed by atoms with E-state index in [-0.39, 0.29) is 18.3 Å². The number of hydrogen-bond acceptors (Lipinski definition) is 3. The fourth-order valence-corrected chi connectivity index (χ4v) is 2.59. The molecule has 1 N–H and O–H groups in total. The van der Waals surface area contributed by atoms with Gasteiger partial charge in [-0.15, -0.1) is 0 Å². The molecule has 3 heteroatoms. The predicted octanol–water partition coefficient (Wildman–Crippen LogP) is 1.98. The lowest BCUT2D eigenvalue weighted by molar-refractivity contribution is -0.189. The van der Waals surface area contributed by atoms with Crippen LogP contribution in [0.4, 0.5) is 0 Å². The fraction of sp³-hybridized carbons (Fsp3) is 1.00. The van der Waals surface area contributed by atoms with Crippen LogP contribution in [0.5, 0.6) is 0 Å². The maximum atomic E-state index is 9.96. The Bertz CT molecular complexity index is 230. The van der Waals surface area contributed by atoms with Crippen molar-refractivity contribution >= 4 is 0 Å². The van der Waals surface area contributed by atoms with Crippen LogP contribution in [0.1, 0.15) is 40.0 Å². The Hall–Kier alpha value is -0.120. The van der Waals surface area contributed by atoms with E-state index in [0.29, 0.717) is 24.5 Å². The highest BCUT2D eigenvalue weighted by molar-refractivity contribution is 4.87. The maximum Gasteiger partial charge on any atom is 0.105 e. The molecule has 1 saturated carbocycles. The van der Waals surface area contributed by atoms with Crippen LogP contribution in [0, 0.1) is 11.3 Å². The topological polar surface area (TPSA) is 38.7 Å². The first kappa shape index (κ1) is 12.3. The van der Waals surface area contributed by atoms with E-state index in [9.17, 15) is 5.11 Å². The molecule has 0 aromatic carbocycles. The Balaban J connectivity index is 1.89. The normalized spacial score (nSPS) is 37.1. The Morgan fingerprint density at radius 3 is 2.38 bits per heavy atom. The molecular formula is C13H24O3. The molecule has 2 fully saturated rings. The highest BCUT2D eigenvalue weighted by Gasteiger charge is 2.37. The Kier molecular flexibility index (Phi) is 3.57. The van der Waals surface area contributed by atoms with Crippen molar-refractivity contribution in [2.75, 3.05) is 13.2 Å². The van der Waals surface area contributed by atoms with Crippen molar-refractivity contribution in [3.63, 3.8) is 0 Å². The molecule has 3 nitrogen and oxygen atoms in total. The van der Waals surface area contributed by atoms with Crippen molar-refractivity contribution in [2.24, 2.45) is 11.3 Å². The molecule has 0 bridgehead atoms. The minimum atomic E-state index is -0.279. The second-order valence-electron chi connectivity index (χ2n) is 6.28. The number of rotatable bonds is 2. The molecule has 1 aliphatic carbocycles. The lowest BCUT2D eigenvalue weighted by atomic mass is 9.71. The van der Waals surface area contributed by atoms with Crippen LogP contribution in [-0.4, -0.2) is 36.6 Å². The number of aliphatic hydroxyl groups is 1. The van der Waals surface area contributed by atoms with Crippen LogP contribution in [0.3, 0.4) is 0 Å². The predicted molar refractivity (Wildman–Crippen MR) is 62.3 cm³/mol. The molecule has 2 rings (SSSR count). The smallest absolute Gasteiger partial charge is 0.105 e. The van der Waals surface area contributed by atoms with Gasteiger partial charge in [-0.05, 0) is 30.6 Å². The number of hydrogen-bond donors (Lipinski definition) is 1. The van der Waals surface area contributed by atoms with Crippen molar-refractivity contribution in [3.8, 4) is 0 Å². The van der Waals surface area contributed by atoms with Gasteiger partial charge in [0.1, 0.15) is 6.10 Å². The highest BCUT2D eigenvalue weighted by atomic mass is 16.6. The molecule has 0 aromatic heterocycles. The molecule has 1 heterocycles.